The van der Waals surface area contributed by atoms with Gasteiger partial charge in [-0.3, -0.25) is 0 Å². The zero-order chi connectivity index (χ0) is 17.1. The molecule has 0 bridgehead atoms. The summed E-state index contributed by atoms with van der Waals surface area (Å²) in [5.41, 5.74) is -0.764. The van der Waals surface area contributed by atoms with Gasteiger partial charge in [0.2, 0.25) is 5.89 Å². The minimum absolute atomic E-state index is 0.144. The van der Waals surface area contributed by atoms with Crippen molar-refractivity contribution in [2.45, 2.75) is 59.6 Å². The molecule has 2 N–H and O–H groups in total. The van der Waals surface area contributed by atoms with Crippen molar-refractivity contribution < 1.29 is 23.8 Å². The maximum absolute atomic E-state index is 11.9. The first-order chi connectivity index (χ1) is 9.99. The van der Waals surface area contributed by atoms with Gasteiger partial charge in [-0.2, -0.15) is 0 Å². The van der Waals surface area contributed by atoms with Gasteiger partial charge in [0.1, 0.15) is 17.4 Å². The SMILES string of the molecule is Cc1oc([C@H](CC(C)C)NC(=O)OC(C)(C)C)nc1C(=O)O. The number of carbonyl (C=O) groups is 2. The number of oxazole rings is 1. The molecule has 0 saturated heterocycles. The third-order valence-electron chi connectivity index (χ3n) is 2.71. The van der Waals surface area contributed by atoms with Crippen LogP contribution in [0.25, 0.3) is 0 Å². The van der Waals surface area contributed by atoms with Gasteiger partial charge in [0.05, 0.1) is 0 Å². The molecule has 0 radical (unpaired) electrons. The van der Waals surface area contributed by atoms with E-state index in [1.54, 1.807) is 20.8 Å². The summed E-state index contributed by atoms with van der Waals surface area (Å²) in [7, 11) is 0. The quantitative estimate of drug-likeness (QED) is 0.865. The molecule has 0 saturated carbocycles. The van der Waals surface area contributed by atoms with Crippen LogP contribution in [0, 0.1) is 12.8 Å². The molecular weight excluding hydrogens is 288 g/mol. The zero-order valence-corrected chi connectivity index (χ0v) is 13.9. The normalized spacial score (nSPS) is 13.0. The van der Waals surface area contributed by atoms with E-state index in [0.29, 0.717) is 6.42 Å². The Bertz CT molecular complexity index is 543. The van der Waals surface area contributed by atoms with Gasteiger partial charge in [0, 0.05) is 0 Å². The molecule has 1 rings (SSSR count). The van der Waals surface area contributed by atoms with Crippen LogP contribution in [0.15, 0.2) is 4.42 Å². The number of aromatic nitrogens is 1. The van der Waals surface area contributed by atoms with Crippen LogP contribution in [0.2, 0.25) is 0 Å². The van der Waals surface area contributed by atoms with E-state index in [1.807, 2.05) is 13.8 Å². The van der Waals surface area contributed by atoms with Crippen molar-refractivity contribution in [1.82, 2.24) is 10.3 Å². The maximum Gasteiger partial charge on any atom is 0.408 e. The van der Waals surface area contributed by atoms with E-state index in [1.165, 1.54) is 6.92 Å². The Morgan fingerprint density at radius 1 is 1.36 bits per heavy atom. The summed E-state index contributed by atoms with van der Waals surface area (Å²) in [5, 5.41) is 11.7. The molecule has 7 nitrogen and oxygen atoms in total. The van der Waals surface area contributed by atoms with Crippen molar-refractivity contribution in [3.05, 3.63) is 17.3 Å². The van der Waals surface area contributed by atoms with E-state index in [4.69, 9.17) is 14.3 Å². The summed E-state index contributed by atoms with van der Waals surface area (Å²) in [6.45, 7) is 10.8. The molecular formula is C15H24N2O5. The monoisotopic (exact) mass is 312 g/mol. The molecule has 0 aliphatic heterocycles. The molecule has 7 heteroatoms. The molecule has 1 aromatic heterocycles. The average Bonchev–Trinajstić information content (AvgIpc) is 2.67. The van der Waals surface area contributed by atoms with Gasteiger partial charge in [0.15, 0.2) is 5.69 Å². The number of hydrogen-bond donors (Lipinski definition) is 2. The second-order valence-corrected chi connectivity index (χ2v) is 6.59. The van der Waals surface area contributed by atoms with E-state index >= 15 is 0 Å². The van der Waals surface area contributed by atoms with Crippen LogP contribution in [0.5, 0.6) is 0 Å². The van der Waals surface area contributed by atoms with Crippen LogP contribution in [-0.2, 0) is 4.74 Å². The van der Waals surface area contributed by atoms with Crippen molar-refractivity contribution in [2.75, 3.05) is 0 Å². The van der Waals surface area contributed by atoms with Crippen LogP contribution in [0.1, 0.15) is 69.2 Å². The molecule has 0 fully saturated rings. The number of alkyl carbamates (subject to hydrolysis) is 1. The highest BCUT2D eigenvalue weighted by molar-refractivity contribution is 5.86. The number of rotatable bonds is 5. The summed E-state index contributed by atoms with van der Waals surface area (Å²) in [6.07, 6.45) is -0.0380. The Labute approximate surface area is 130 Å². The van der Waals surface area contributed by atoms with Gasteiger partial charge >= 0.3 is 12.1 Å². The number of aromatic carboxylic acids is 1. The van der Waals surface area contributed by atoms with E-state index in [0.717, 1.165) is 0 Å². The lowest BCUT2D eigenvalue weighted by atomic mass is 10.0. The summed E-state index contributed by atoms with van der Waals surface area (Å²) < 4.78 is 10.6. The van der Waals surface area contributed by atoms with Crippen molar-refractivity contribution in [1.29, 1.82) is 0 Å². The zero-order valence-electron chi connectivity index (χ0n) is 13.9. The Morgan fingerprint density at radius 2 is 1.95 bits per heavy atom. The van der Waals surface area contributed by atoms with Crippen LogP contribution < -0.4 is 5.32 Å². The van der Waals surface area contributed by atoms with Crippen molar-refractivity contribution in [3.63, 3.8) is 0 Å². The lowest BCUT2D eigenvalue weighted by Gasteiger charge is -2.23. The third kappa shape index (κ3) is 5.38. The lowest BCUT2D eigenvalue weighted by molar-refractivity contribution is 0.0488. The molecule has 1 amide bonds. The van der Waals surface area contributed by atoms with E-state index in [2.05, 4.69) is 10.3 Å². The van der Waals surface area contributed by atoms with E-state index in [9.17, 15) is 9.59 Å². The fraction of sp³-hybridized carbons (Fsp3) is 0.667. The third-order valence-corrected chi connectivity index (χ3v) is 2.71. The van der Waals surface area contributed by atoms with E-state index in [-0.39, 0.29) is 23.3 Å². The maximum atomic E-state index is 11.9. The van der Waals surface area contributed by atoms with Crippen molar-refractivity contribution in [2.24, 2.45) is 5.92 Å². The highest BCUT2D eigenvalue weighted by atomic mass is 16.6. The smallest absolute Gasteiger partial charge is 0.408 e. The molecule has 22 heavy (non-hydrogen) atoms. The molecule has 124 valence electrons. The van der Waals surface area contributed by atoms with Gasteiger partial charge in [-0.05, 0) is 40.0 Å². The predicted molar refractivity (Wildman–Crippen MR) is 79.8 cm³/mol. The first-order valence-electron chi connectivity index (χ1n) is 7.19. The van der Waals surface area contributed by atoms with Gasteiger partial charge in [0.25, 0.3) is 0 Å². The molecule has 0 unspecified atom stereocenters. The Kier molecular flexibility index (Phi) is 5.57. The average molecular weight is 312 g/mol. The largest absolute Gasteiger partial charge is 0.476 e. The number of nitrogens with one attached hydrogen (secondary N) is 1. The Balaban J connectivity index is 2.96. The fourth-order valence-corrected chi connectivity index (χ4v) is 1.91. The molecule has 1 atom stereocenters. The lowest BCUT2D eigenvalue weighted by Crippen LogP contribution is -2.35. The molecule has 0 aliphatic carbocycles. The Morgan fingerprint density at radius 3 is 2.36 bits per heavy atom. The van der Waals surface area contributed by atoms with Crippen molar-refractivity contribution in [3.8, 4) is 0 Å². The summed E-state index contributed by atoms with van der Waals surface area (Å²) in [6, 6.07) is -0.540. The van der Waals surface area contributed by atoms with Gasteiger partial charge in [-0.15, -0.1) is 0 Å². The molecule has 0 spiro atoms. The minimum atomic E-state index is -1.16. The number of carboxylic acids is 1. The number of nitrogens with zero attached hydrogens (tertiary/aromatic N) is 1. The topological polar surface area (TPSA) is 102 Å². The minimum Gasteiger partial charge on any atom is -0.476 e. The molecule has 0 aliphatic rings. The van der Waals surface area contributed by atoms with Gasteiger partial charge in [-0.25, -0.2) is 14.6 Å². The summed E-state index contributed by atoms with van der Waals surface area (Å²) in [4.78, 5) is 27.0. The molecule has 0 aromatic carbocycles. The van der Waals surface area contributed by atoms with E-state index < -0.39 is 23.7 Å². The standard InChI is InChI=1S/C15H24N2O5/c1-8(2)7-10(16-14(20)22-15(4,5)6)12-17-11(13(18)19)9(3)21-12/h8,10H,7H2,1-6H3,(H,16,20)(H,18,19)/t10-/m0/s1. The van der Waals surface area contributed by atoms with Crippen LogP contribution >= 0.6 is 0 Å². The highest BCUT2D eigenvalue weighted by Gasteiger charge is 2.27. The first-order valence-corrected chi connectivity index (χ1v) is 7.19. The number of carboxylic acid groups (broad SMARTS) is 1. The van der Waals surface area contributed by atoms with Crippen molar-refractivity contribution >= 4 is 12.1 Å². The van der Waals surface area contributed by atoms with Gasteiger partial charge in [-0.1, -0.05) is 13.8 Å². The predicted octanol–water partition coefficient (Wildman–Crippen LogP) is 3.29. The van der Waals surface area contributed by atoms with Gasteiger partial charge < -0.3 is 19.6 Å². The number of aryl methyl sites for hydroxylation is 1. The molecule has 1 heterocycles. The summed E-state index contributed by atoms with van der Waals surface area (Å²) >= 11 is 0. The fourth-order valence-electron chi connectivity index (χ4n) is 1.91. The van der Waals surface area contributed by atoms with Crippen LogP contribution in [0.3, 0.4) is 0 Å². The second kappa shape index (κ2) is 6.81. The number of carbonyl (C=O) groups excluding carboxylic acids is 1. The first kappa shape index (κ1) is 18.0. The number of ether oxygens (including phenoxy) is 1. The molecule has 1 aromatic rings. The number of amides is 1. The number of hydrogen-bond acceptors (Lipinski definition) is 5. The Hall–Kier alpha value is -2.05. The van der Waals surface area contributed by atoms with Crippen LogP contribution in [0.4, 0.5) is 4.79 Å². The highest BCUT2D eigenvalue weighted by Crippen LogP contribution is 2.23. The van der Waals surface area contributed by atoms with Crippen LogP contribution in [-0.4, -0.2) is 27.8 Å². The summed E-state index contributed by atoms with van der Waals surface area (Å²) in [5.74, 6) is -0.523. The second-order valence-electron chi connectivity index (χ2n) is 6.59.